The Morgan fingerprint density at radius 3 is 1.07 bits per heavy atom. The molecule has 0 saturated heterocycles. The molecule has 0 fully saturated rings. The summed E-state index contributed by atoms with van der Waals surface area (Å²) >= 11 is 1.41. The van der Waals surface area contributed by atoms with Crippen molar-refractivity contribution in [2.24, 2.45) is 0 Å². The van der Waals surface area contributed by atoms with Gasteiger partial charge >= 0.3 is 121 Å². The molecule has 154 valence electrons. The van der Waals surface area contributed by atoms with Crippen molar-refractivity contribution in [2.45, 2.75) is 74.8 Å². The second kappa shape index (κ2) is 19.4. The Labute approximate surface area is 182 Å². The van der Waals surface area contributed by atoms with Gasteiger partial charge in [0.05, 0.1) is 0 Å². The molecule has 0 aromatic heterocycles. The molecular formula is C18H33NaO6S2. The van der Waals surface area contributed by atoms with Crippen LogP contribution in [0.2, 0.25) is 3.67 Å². The topological polar surface area (TPSA) is 109 Å². The average Bonchev–Trinajstić information content (AvgIpc) is 2.61. The largest absolute Gasteiger partial charge is 0.397 e. The summed E-state index contributed by atoms with van der Waals surface area (Å²) < 4.78 is 54.0. The Morgan fingerprint density at radius 2 is 0.852 bits per heavy atom. The van der Waals surface area contributed by atoms with Gasteiger partial charge in [0.25, 0.3) is 0 Å². The smallest absolute Gasteiger partial charge is 0.272 e. The van der Waals surface area contributed by atoms with Crippen molar-refractivity contribution in [3.05, 3.63) is 36.4 Å². The molecular weight excluding hydrogens is 399 g/mol. The third-order valence-electron chi connectivity index (χ3n) is 3.64. The van der Waals surface area contributed by atoms with Crippen molar-refractivity contribution in [3.63, 3.8) is 0 Å². The van der Waals surface area contributed by atoms with E-state index in [1.54, 1.807) is 0 Å². The SMILES string of the molecule is CCCCCCCCCCC[CH2][Na].O=S(=O)(O)S(=O)(=O)O.c1ccccc1. The first kappa shape index (κ1) is 29.2. The molecule has 1 aromatic carbocycles. The van der Waals surface area contributed by atoms with E-state index in [-0.39, 0.29) is 0 Å². The van der Waals surface area contributed by atoms with Gasteiger partial charge in [0.1, 0.15) is 0 Å². The molecule has 0 radical (unpaired) electrons. The van der Waals surface area contributed by atoms with Gasteiger partial charge in [-0.25, -0.2) is 0 Å². The Kier molecular flexibility index (Phi) is 21.0. The molecule has 1 aromatic rings. The third-order valence-corrected chi connectivity index (χ3v) is 6.48. The Balaban J connectivity index is 0. The van der Waals surface area contributed by atoms with E-state index in [9.17, 15) is 16.8 Å². The number of unbranched alkanes of at least 4 members (excludes halogenated alkanes) is 9. The number of hydrogen-bond donors (Lipinski definition) is 2. The normalized spacial score (nSPS) is 11.0. The minimum absolute atomic E-state index is 1.38. The summed E-state index contributed by atoms with van der Waals surface area (Å²) in [7, 11) is -10.6. The van der Waals surface area contributed by atoms with Crippen LogP contribution in [0, 0.1) is 0 Å². The molecule has 0 atom stereocenters. The Morgan fingerprint density at radius 1 is 0.593 bits per heavy atom. The van der Waals surface area contributed by atoms with Gasteiger partial charge in [0.2, 0.25) is 0 Å². The standard InChI is InChI=1S/C12H25.C6H6.Na.H2O6S2/c1-3-5-7-9-11-12-10-8-6-4-2;1-2-4-6-5-3-1;;1-7(2,3)8(4,5)6/h1,3-12H2,2H3;1-6H;;(H,1,2,3)(H,4,5,6). The second-order valence-corrected chi connectivity index (χ2v) is 11.4. The van der Waals surface area contributed by atoms with Crippen molar-refractivity contribution in [3.8, 4) is 0 Å². The van der Waals surface area contributed by atoms with Gasteiger partial charge in [-0.15, -0.1) is 0 Å². The summed E-state index contributed by atoms with van der Waals surface area (Å²) in [6, 6.07) is 12.0. The van der Waals surface area contributed by atoms with E-state index in [0.29, 0.717) is 0 Å². The first-order valence-corrected chi connectivity index (χ1v) is 14.4. The number of rotatable bonds is 11. The minimum atomic E-state index is -5.31. The van der Waals surface area contributed by atoms with E-state index < -0.39 is 18.3 Å². The molecule has 0 aliphatic heterocycles. The third kappa shape index (κ3) is 24.0. The summed E-state index contributed by atoms with van der Waals surface area (Å²) in [5, 5.41) is 0. The Hall–Kier alpha value is 0.0400. The fraction of sp³-hybridized carbons (Fsp3) is 0.667. The molecule has 2 N–H and O–H groups in total. The van der Waals surface area contributed by atoms with Crippen LogP contribution in [-0.2, 0) is 18.3 Å². The van der Waals surface area contributed by atoms with E-state index in [0.717, 1.165) is 0 Å². The Bertz CT molecular complexity index is 552. The molecule has 9 heteroatoms. The summed E-state index contributed by atoms with van der Waals surface area (Å²) in [6.07, 6.45) is 14.7. The first-order valence-electron chi connectivity index (χ1n) is 9.61. The average molecular weight is 433 g/mol. The van der Waals surface area contributed by atoms with Crippen molar-refractivity contribution in [2.75, 3.05) is 0 Å². The molecule has 27 heavy (non-hydrogen) atoms. The summed E-state index contributed by atoms with van der Waals surface area (Å²) in [5.41, 5.74) is 0. The summed E-state index contributed by atoms with van der Waals surface area (Å²) in [5.74, 6) is 0. The molecule has 0 heterocycles. The van der Waals surface area contributed by atoms with Gasteiger partial charge < -0.3 is 0 Å². The van der Waals surface area contributed by atoms with E-state index in [1.807, 2.05) is 36.4 Å². The van der Waals surface area contributed by atoms with Crippen LogP contribution in [0.5, 0.6) is 0 Å². The maximum atomic E-state index is 9.37. The van der Waals surface area contributed by atoms with Crippen LogP contribution in [-0.4, -0.2) is 53.9 Å². The predicted molar refractivity (Wildman–Crippen MR) is 112 cm³/mol. The van der Waals surface area contributed by atoms with E-state index in [4.69, 9.17) is 9.11 Å². The van der Waals surface area contributed by atoms with Gasteiger partial charge in [-0.2, -0.15) is 16.8 Å². The fourth-order valence-corrected chi connectivity index (χ4v) is 2.62. The zero-order chi connectivity index (χ0) is 21.0. The van der Waals surface area contributed by atoms with Crippen LogP contribution in [0.25, 0.3) is 0 Å². The summed E-state index contributed by atoms with van der Waals surface area (Å²) in [6.45, 7) is 2.29. The molecule has 0 aliphatic carbocycles. The van der Waals surface area contributed by atoms with Crippen LogP contribution in [0.4, 0.5) is 0 Å². The van der Waals surface area contributed by atoms with Crippen LogP contribution < -0.4 is 0 Å². The van der Waals surface area contributed by atoms with Crippen molar-refractivity contribution in [1.29, 1.82) is 0 Å². The molecule has 0 saturated carbocycles. The second-order valence-electron chi connectivity index (χ2n) is 6.19. The molecule has 6 nitrogen and oxygen atoms in total. The van der Waals surface area contributed by atoms with Gasteiger partial charge in [-0.1, -0.05) is 36.4 Å². The molecule has 0 spiro atoms. The van der Waals surface area contributed by atoms with Crippen LogP contribution in [0.15, 0.2) is 36.4 Å². The van der Waals surface area contributed by atoms with Crippen molar-refractivity contribution in [1.82, 2.24) is 0 Å². The predicted octanol–water partition coefficient (Wildman–Crippen LogP) is 4.86. The molecule has 0 aliphatic rings. The van der Waals surface area contributed by atoms with E-state index in [2.05, 4.69) is 6.92 Å². The zero-order valence-corrected chi connectivity index (χ0v) is 20.2. The van der Waals surface area contributed by atoms with Crippen LogP contribution in [0.1, 0.15) is 71.1 Å². The maximum Gasteiger partial charge on any atom is 0.397 e. The fourth-order valence-electron chi connectivity index (χ4n) is 2.12. The first-order chi connectivity index (χ1) is 12.7. The minimum Gasteiger partial charge on any atom is -0.272 e. The van der Waals surface area contributed by atoms with E-state index >= 15 is 0 Å². The number of benzene rings is 1. The van der Waals surface area contributed by atoms with Gasteiger partial charge in [-0.3, -0.25) is 9.11 Å². The van der Waals surface area contributed by atoms with Gasteiger partial charge in [-0.05, 0) is 0 Å². The maximum absolute atomic E-state index is 9.37. The van der Waals surface area contributed by atoms with E-state index in [1.165, 1.54) is 95.8 Å². The monoisotopic (exact) mass is 432 g/mol. The quantitative estimate of drug-likeness (QED) is 0.224. The molecule has 1 rings (SSSR count). The zero-order valence-electron chi connectivity index (χ0n) is 16.6. The number of hydrogen-bond acceptors (Lipinski definition) is 4. The molecule has 0 bridgehead atoms. The van der Waals surface area contributed by atoms with Crippen LogP contribution in [0.3, 0.4) is 0 Å². The van der Waals surface area contributed by atoms with Gasteiger partial charge in [0, 0.05) is 0 Å². The summed E-state index contributed by atoms with van der Waals surface area (Å²) in [4.78, 5) is 0. The van der Waals surface area contributed by atoms with Crippen LogP contribution >= 0.6 is 0 Å². The van der Waals surface area contributed by atoms with Gasteiger partial charge in [0.15, 0.2) is 0 Å². The molecule has 0 unspecified atom stereocenters. The molecule has 0 amide bonds. The van der Waals surface area contributed by atoms with Crippen molar-refractivity contribution < 1.29 is 25.9 Å². The van der Waals surface area contributed by atoms with Crippen molar-refractivity contribution >= 4 is 46.2 Å².